The molecule has 0 radical (unpaired) electrons. The van der Waals surface area contributed by atoms with Gasteiger partial charge in [0.15, 0.2) is 0 Å². The molecule has 0 aromatic heterocycles. The molecule has 2 aliphatic heterocycles. The molecule has 0 atom stereocenters. The zero-order valence-corrected chi connectivity index (χ0v) is 6.91. The van der Waals surface area contributed by atoms with Gasteiger partial charge in [0.2, 0.25) is 0 Å². The van der Waals surface area contributed by atoms with Crippen LogP contribution in [0.3, 0.4) is 0 Å². The fourth-order valence-electron chi connectivity index (χ4n) is 0.836. The molecule has 0 aromatic rings. The molecule has 4 nitrogen and oxygen atoms in total. The predicted octanol–water partition coefficient (Wildman–Crippen LogP) is 1.04. The van der Waals surface area contributed by atoms with Crippen molar-refractivity contribution < 1.29 is 14.3 Å². The Hall–Kier alpha value is -1.19. The third-order valence-electron chi connectivity index (χ3n) is 1.43. The maximum atomic E-state index is 9.91. The lowest BCUT2D eigenvalue weighted by Gasteiger charge is -2.01. The van der Waals surface area contributed by atoms with E-state index in [0.717, 1.165) is 6.61 Å². The lowest BCUT2D eigenvalue weighted by Crippen LogP contribution is -2.11. The van der Waals surface area contributed by atoms with Crippen molar-refractivity contribution in [2.75, 3.05) is 19.8 Å². The van der Waals surface area contributed by atoms with Crippen LogP contribution in [-0.2, 0) is 9.47 Å². The predicted molar refractivity (Wildman–Crippen MR) is 43.7 cm³/mol. The fourth-order valence-corrected chi connectivity index (χ4v) is 0.836. The van der Waals surface area contributed by atoms with Gasteiger partial charge in [-0.2, -0.15) is 0 Å². The fraction of sp³-hybridized carbons (Fsp3) is 0.625. The minimum absolute atomic E-state index is 0.296. The summed E-state index contributed by atoms with van der Waals surface area (Å²) in [4.78, 5) is 9.91. The lowest BCUT2D eigenvalue weighted by atomic mass is 10.3. The van der Waals surface area contributed by atoms with E-state index in [-0.39, 0.29) is 6.09 Å². The first-order chi connectivity index (χ1) is 5.89. The Kier molecular flexibility index (Phi) is 4.05. The summed E-state index contributed by atoms with van der Waals surface area (Å²) in [7, 11) is 0. The third kappa shape index (κ3) is 3.85. The standard InChI is InChI=1S/C5H8O.C3H5NO2/c1-2-4-6-5-3-1;5-3-4-1-2-6-3/h2,4H,1,3,5H2;1-2H2,(H,4,5). The van der Waals surface area contributed by atoms with Crippen molar-refractivity contribution in [3.05, 3.63) is 12.3 Å². The molecular weight excluding hydrogens is 158 g/mol. The van der Waals surface area contributed by atoms with Crippen LogP contribution in [0.15, 0.2) is 12.3 Å². The zero-order valence-electron chi connectivity index (χ0n) is 6.91. The van der Waals surface area contributed by atoms with Gasteiger partial charge in [0.05, 0.1) is 19.4 Å². The van der Waals surface area contributed by atoms with Crippen LogP contribution < -0.4 is 5.32 Å². The molecule has 4 heteroatoms. The molecule has 68 valence electrons. The molecular formula is C8H13NO3. The highest BCUT2D eigenvalue weighted by atomic mass is 16.6. The molecule has 0 bridgehead atoms. The van der Waals surface area contributed by atoms with Crippen LogP contribution in [0.25, 0.3) is 0 Å². The van der Waals surface area contributed by atoms with Gasteiger partial charge in [-0.1, -0.05) is 0 Å². The Balaban J connectivity index is 0.000000120. The molecule has 1 saturated heterocycles. The normalized spacial score (nSPS) is 19.8. The molecule has 0 saturated carbocycles. The SMILES string of the molecule is C1=COCCC1.O=C1NCCO1. The van der Waals surface area contributed by atoms with Crippen molar-refractivity contribution in [2.24, 2.45) is 0 Å². The number of alkyl carbamates (subject to hydrolysis) is 1. The third-order valence-corrected chi connectivity index (χ3v) is 1.43. The molecule has 0 aliphatic carbocycles. The van der Waals surface area contributed by atoms with E-state index < -0.39 is 0 Å². The topological polar surface area (TPSA) is 47.6 Å². The van der Waals surface area contributed by atoms with Crippen LogP contribution in [0.5, 0.6) is 0 Å². The molecule has 0 spiro atoms. The van der Waals surface area contributed by atoms with Gasteiger partial charge >= 0.3 is 6.09 Å². The molecule has 0 aromatic carbocycles. The van der Waals surface area contributed by atoms with Gasteiger partial charge < -0.3 is 14.8 Å². The van der Waals surface area contributed by atoms with Crippen LogP contribution in [0.4, 0.5) is 4.79 Å². The lowest BCUT2D eigenvalue weighted by molar-refractivity contribution is 0.178. The number of carbonyl (C=O) groups is 1. The van der Waals surface area contributed by atoms with E-state index in [9.17, 15) is 4.79 Å². The highest BCUT2D eigenvalue weighted by Gasteiger charge is 2.06. The number of rotatable bonds is 0. The van der Waals surface area contributed by atoms with E-state index in [4.69, 9.17) is 4.74 Å². The van der Waals surface area contributed by atoms with Crippen molar-refractivity contribution in [2.45, 2.75) is 12.8 Å². The summed E-state index contributed by atoms with van der Waals surface area (Å²) < 4.78 is 9.29. The van der Waals surface area contributed by atoms with Gasteiger partial charge in [0.25, 0.3) is 0 Å². The number of carbonyl (C=O) groups excluding carboxylic acids is 1. The molecule has 1 amide bonds. The molecule has 2 rings (SSSR count). The summed E-state index contributed by atoms with van der Waals surface area (Å²) in [6.07, 6.45) is 5.90. The highest BCUT2D eigenvalue weighted by molar-refractivity contribution is 5.68. The van der Waals surface area contributed by atoms with Crippen molar-refractivity contribution in [3.8, 4) is 0 Å². The van der Waals surface area contributed by atoms with Gasteiger partial charge in [-0.25, -0.2) is 4.79 Å². The Bertz CT molecular complexity index is 152. The maximum absolute atomic E-state index is 9.91. The molecule has 12 heavy (non-hydrogen) atoms. The molecule has 1 fully saturated rings. The molecule has 2 heterocycles. The van der Waals surface area contributed by atoms with E-state index in [2.05, 4.69) is 10.1 Å². The van der Waals surface area contributed by atoms with E-state index in [0.29, 0.717) is 13.2 Å². The molecule has 1 N–H and O–H groups in total. The zero-order chi connectivity index (χ0) is 8.65. The van der Waals surface area contributed by atoms with Gasteiger partial charge in [0.1, 0.15) is 6.61 Å². The van der Waals surface area contributed by atoms with Gasteiger partial charge in [0, 0.05) is 0 Å². The molecule has 2 aliphatic rings. The van der Waals surface area contributed by atoms with E-state index >= 15 is 0 Å². The average molecular weight is 171 g/mol. The molecule has 0 unspecified atom stereocenters. The van der Waals surface area contributed by atoms with Gasteiger partial charge in [-0.05, 0) is 18.9 Å². The Morgan fingerprint density at radius 1 is 1.42 bits per heavy atom. The van der Waals surface area contributed by atoms with Crippen LogP contribution in [0.2, 0.25) is 0 Å². The minimum Gasteiger partial charge on any atom is -0.502 e. The highest BCUT2D eigenvalue weighted by Crippen LogP contribution is 1.97. The number of hydrogen-bond donors (Lipinski definition) is 1. The maximum Gasteiger partial charge on any atom is 0.407 e. The number of amides is 1. The summed E-state index contributed by atoms with van der Waals surface area (Å²) >= 11 is 0. The summed E-state index contributed by atoms with van der Waals surface area (Å²) in [5, 5.41) is 2.46. The summed E-state index contributed by atoms with van der Waals surface area (Å²) in [6.45, 7) is 2.11. The first-order valence-corrected chi connectivity index (χ1v) is 4.07. The van der Waals surface area contributed by atoms with E-state index in [1.54, 1.807) is 6.26 Å². The van der Waals surface area contributed by atoms with Gasteiger partial charge in [-0.3, -0.25) is 0 Å². The average Bonchev–Trinajstić information content (AvgIpc) is 2.60. The minimum atomic E-state index is -0.296. The number of hydrogen-bond acceptors (Lipinski definition) is 3. The largest absolute Gasteiger partial charge is 0.502 e. The van der Waals surface area contributed by atoms with E-state index in [1.165, 1.54) is 12.8 Å². The second kappa shape index (κ2) is 5.46. The number of ether oxygens (including phenoxy) is 2. The summed E-state index contributed by atoms with van der Waals surface area (Å²) in [5.74, 6) is 0. The Morgan fingerprint density at radius 3 is 2.50 bits per heavy atom. The number of allylic oxidation sites excluding steroid dienone is 1. The first kappa shape index (κ1) is 8.90. The van der Waals surface area contributed by atoms with Crippen LogP contribution in [-0.4, -0.2) is 25.9 Å². The monoisotopic (exact) mass is 171 g/mol. The van der Waals surface area contributed by atoms with Crippen molar-refractivity contribution in [1.29, 1.82) is 0 Å². The Morgan fingerprint density at radius 2 is 2.33 bits per heavy atom. The second-order valence-corrected chi connectivity index (χ2v) is 2.45. The smallest absolute Gasteiger partial charge is 0.407 e. The quantitative estimate of drug-likeness (QED) is 0.592. The summed E-state index contributed by atoms with van der Waals surface area (Å²) in [5.41, 5.74) is 0. The summed E-state index contributed by atoms with van der Waals surface area (Å²) in [6, 6.07) is 0. The van der Waals surface area contributed by atoms with Crippen LogP contribution >= 0.6 is 0 Å². The van der Waals surface area contributed by atoms with Crippen molar-refractivity contribution >= 4 is 6.09 Å². The van der Waals surface area contributed by atoms with Crippen LogP contribution in [0, 0.1) is 0 Å². The number of cyclic esters (lactones) is 1. The van der Waals surface area contributed by atoms with Crippen molar-refractivity contribution in [3.63, 3.8) is 0 Å². The van der Waals surface area contributed by atoms with E-state index in [1.807, 2.05) is 6.08 Å². The number of nitrogens with one attached hydrogen (secondary N) is 1. The second-order valence-electron chi connectivity index (χ2n) is 2.45. The van der Waals surface area contributed by atoms with Gasteiger partial charge in [-0.15, -0.1) is 0 Å². The van der Waals surface area contributed by atoms with Crippen LogP contribution in [0.1, 0.15) is 12.8 Å². The van der Waals surface area contributed by atoms with Crippen molar-refractivity contribution in [1.82, 2.24) is 5.32 Å². The first-order valence-electron chi connectivity index (χ1n) is 4.07. The Labute approximate surface area is 71.5 Å².